The largest absolute Gasteiger partial charge is 0.467 e. The van der Waals surface area contributed by atoms with E-state index in [4.69, 9.17) is 4.74 Å². The van der Waals surface area contributed by atoms with Crippen LogP contribution >= 0.6 is 0 Å². The Bertz CT molecular complexity index is 587. The summed E-state index contributed by atoms with van der Waals surface area (Å²) in [4.78, 5) is 19.6. The Morgan fingerprint density at radius 2 is 2.00 bits per heavy atom. The number of halogens is 1. The summed E-state index contributed by atoms with van der Waals surface area (Å²) in [7, 11) is 1.48. The molecule has 0 bridgehead atoms. The van der Waals surface area contributed by atoms with Gasteiger partial charge in [0.15, 0.2) is 0 Å². The maximum absolute atomic E-state index is 13.3. The van der Waals surface area contributed by atoms with Crippen molar-refractivity contribution in [1.82, 2.24) is 9.97 Å². The van der Waals surface area contributed by atoms with Crippen molar-refractivity contribution in [3.8, 4) is 6.01 Å². The Morgan fingerprint density at radius 3 is 2.65 bits per heavy atom. The van der Waals surface area contributed by atoms with Crippen LogP contribution in [0.4, 0.5) is 10.1 Å². The fraction of sp³-hybridized carbons (Fsp3) is 0.214. The summed E-state index contributed by atoms with van der Waals surface area (Å²) in [6.45, 7) is 0. The average Bonchev–Trinajstić information content (AvgIpc) is 2.48. The number of hydrogen-bond donors (Lipinski definition) is 1. The number of nitrogens with zero attached hydrogens (tertiary/aromatic N) is 2. The Kier molecular flexibility index (Phi) is 4.60. The van der Waals surface area contributed by atoms with Gasteiger partial charge in [-0.05, 0) is 24.1 Å². The number of methoxy groups -OCH3 is 1. The number of para-hydroxylation sites is 1. The van der Waals surface area contributed by atoms with Crippen LogP contribution in [0.5, 0.6) is 6.01 Å². The van der Waals surface area contributed by atoms with Crippen molar-refractivity contribution in [2.75, 3.05) is 12.4 Å². The monoisotopic (exact) mass is 275 g/mol. The molecule has 0 aliphatic carbocycles. The second-order valence-electron chi connectivity index (χ2n) is 4.11. The van der Waals surface area contributed by atoms with Gasteiger partial charge >= 0.3 is 6.01 Å². The van der Waals surface area contributed by atoms with Crippen LogP contribution in [-0.2, 0) is 11.2 Å². The number of hydrogen-bond acceptors (Lipinski definition) is 4. The third-order valence-corrected chi connectivity index (χ3v) is 2.65. The molecule has 1 amide bonds. The van der Waals surface area contributed by atoms with Crippen LogP contribution in [-0.4, -0.2) is 23.0 Å². The summed E-state index contributed by atoms with van der Waals surface area (Å²) in [5.74, 6) is -0.709. The lowest BCUT2D eigenvalue weighted by molar-refractivity contribution is -0.116. The van der Waals surface area contributed by atoms with E-state index >= 15 is 0 Å². The van der Waals surface area contributed by atoms with Gasteiger partial charge < -0.3 is 10.1 Å². The van der Waals surface area contributed by atoms with E-state index in [9.17, 15) is 9.18 Å². The molecule has 2 aromatic rings. The number of amides is 1. The molecule has 1 aromatic heterocycles. The smallest absolute Gasteiger partial charge is 0.316 e. The summed E-state index contributed by atoms with van der Waals surface area (Å²) in [5, 5.41) is 2.52. The van der Waals surface area contributed by atoms with E-state index in [1.165, 1.54) is 19.2 Å². The number of nitrogens with one attached hydrogen (secondary N) is 1. The molecular formula is C14H14FN3O2. The molecule has 2 rings (SSSR count). The van der Waals surface area contributed by atoms with Gasteiger partial charge in [0.1, 0.15) is 5.82 Å². The Hall–Kier alpha value is -2.50. The lowest BCUT2D eigenvalue weighted by Crippen LogP contribution is -2.13. The van der Waals surface area contributed by atoms with E-state index in [0.717, 1.165) is 5.56 Å². The Labute approximate surface area is 115 Å². The Morgan fingerprint density at radius 1 is 1.30 bits per heavy atom. The maximum Gasteiger partial charge on any atom is 0.316 e. The first kappa shape index (κ1) is 13.9. The van der Waals surface area contributed by atoms with Crippen LogP contribution in [0.25, 0.3) is 0 Å². The normalized spacial score (nSPS) is 10.1. The van der Waals surface area contributed by atoms with Crippen molar-refractivity contribution < 1.29 is 13.9 Å². The van der Waals surface area contributed by atoms with Gasteiger partial charge in [-0.1, -0.05) is 12.1 Å². The van der Waals surface area contributed by atoms with Crippen molar-refractivity contribution in [1.29, 1.82) is 0 Å². The minimum Gasteiger partial charge on any atom is -0.467 e. The first-order valence-corrected chi connectivity index (χ1v) is 6.08. The zero-order valence-corrected chi connectivity index (χ0v) is 11.0. The molecule has 0 spiro atoms. The van der Waals surface area contributed by atoms with Crippen LogP contribution in [0.3, 0.4) is 0 Å². The second-order valence-corrected chi connectivity index (χ2v) is 4.11. The minimum atomic E-state index is -0.450. The van der Waals surface area contributed by atoms with Crippen LogP contribution in [0.15, 0.2) is 36.7 Å². The number of ether oxygens (including phenoxy) is 1. The molecule has 0 aliphatic heterocycles. The zero-order valence-electron chi connectivity index (χ0n) is 11.0. The lowest BCUT2D eigenvalue weighted by Gasteiger charge is -2.06. The van der Waals surface area contributed by atoms with E-state index in [-0.39, 0.29) is 24.0 Å². The summed E-state index contributed by atoms with van der Waals surface area (Å²) in [5.41, 5.74) is 0.998. The quantitative estimate of drug-likeness (QED) is 0.908. The summed E-state index contributed by atoms with van der Waals surface area (Å²) in [6.07, 6.45) is 3.90. The van der Waals surface area contributed by atoms with Crippen LogP contribution < -0.4 is 10.1 Å². The molecule has 5 nitrogen and oxygen atoms in total. The summed E-state index contributed by atoms with van der Waals surface area (Å²) in [6, 6.07) is 6.33. The molecule has 6 heteroatoms. The molecule has 1 aromatic carbocycles. The van der Waals surface area contributed by atoms with Gasteiger partial charge in [0.2, 0.25) is 5.91 Å². The number of anilines is 1. The number of carbonyl (C=O) groups excluding carboxylic acids is 1. The molecule has 0 atom stereocenters. The van der Waals surface area contributed by atoms with Crippen molar-refractivity contribution in [3.05, 3.63) is 48.0 Å². The predicted octanol–water partition coefficient (Wildman–Crippen LogP) is 2.20. The van der Waals surface area contributed by atoms with Crippen molar-refractivity contribution >= 4 is 11.6 Å². The number of benzene rings is 1. The third-order valence-electron chi connectivity index (χ3n) is 2.65. The highest BCUT2D eigenvalue weighted by Gasteiger charge is 2.07. The van der Waals surface area contributed by atoms with E-state index in [1.54, 1.807) is 24.5 Å². The molecule has 1 N–H and O–H groups in total. The van der Waals surface area contributed by atoms with E-state index < -0.39 is 5.82 Å². The molecule has 0 saturated heterocycles. The standard InChI is InChI=1S/C14H14FN3O2/c1-20-14-16-8-10(9-17-14)6-7-13(19)18-12-5-3-2-4-11(12)15/h2-5,8-9H,6-7H2,1H3,(H,18,19). The minimum absolute atomic E-state index is 0.184. The molecular weight excluding hydrogens is 261 g/mol. The van der Waals surface area contributed by atoms with Gasteiger partial charge in [0, 0.05) is 18.8 Å². The average molecular weight is 275 g/mol. The van der Waals surface area contributed by atoms with E-state index in [0.29, 0.717) is 6.42 Å². The first-order chi connectivity index (χ1) is 9.69. The van der Waals surface area contributed by atoms with Crippen LogP contribution in [0.1, 0.15) is 12.0 Å². The molecule has 0 unspecified atom stereocenters. The highest BCUT2D eigenvalue weighted by molar-refractivity contribution is 5.90. The van der Waals surface area contributed by atoms with Gasteiger partial charge in [-0.15, -0.1) is 0 Å². The molecule has 104 valence electrons. The number of carbonyl (C=O) groups is 1. The van der Waals surface area contributed by atoms with Crippen molar-refractivity contribution in [2.45, 2.75) is 12.8 Å². The van der Waals surface area contributed by atoms with E-state index in [1.807, 2.05) is 0 Å². The highest BCUT2D eigenvalue weighted by atomic mass is 19.1. The zero-order chi connectivity index (χ0) is 14.4. The van der Waals surface area contributed by atoms with Gasteiger partial charge in [-0.2, -0.15) is 0 Å². The maximum atomic E-state index is 13.3. The van der Waals surface area contributed by atoms with Crippen molar-refractivity contribution in [2.24, 2.45) is 0 Å². The number of rotatable bonds is 5. The molecule has 0 fully saturated rings. The van der Waals surface area contributed by atoms with Gasteiger partial charge in [-0.25, -0.2) is 14.4 Å². The number of aryl methyl sites for hydroxylation is 1. The first-order valence-electron chi connectivity index (χ1n) is 6.08. The number of aromatic nitrogens is 2. The molecule has 0 saturated carbocycles. The van der Waals surface area contributed by atoms with Crippen LogP contribution in [0.2, 0.25) is 0 Å². The van der Waals surface area contributed by atoms with Gasteiger partial charge in [-0.3, -0.25) is 4.79 Å². The summed E-state index contributed by atoms with van der Waals surface area (Å²) >= 11 is 0. The topological polar surface area (TPSA) is 64.1 Å². The SMILES string of the molecule is COc1ncc(CCC(=O)Nc2ccccc2F)cn1. The van der Waals surface area contributed by atoms with Crippen LogP contribution in [0, 0.1) is 5.82 Å². The van der Waals surface area contributed by atoms with Crippen molar-refractivity contribution in [3.63, 3.8) is 0 Å². The molecule has 20 heavy (non-hydrogen) atoms. The Balaban J connectivity index is 1.87. The highest BCUT2D eigenvalue weighted by Crippen LogP contribution is 2.13. The lowest BCUT2D eigenvalue weighted by atomic mass is 10.2. The predicted molar refractivity (Wildman–Crippen MR) is 71.9 cm³/mol. The van der Waals surface area contributed by atoms with E-state index in [2.05, 4.69) is 15.3 Å². The second kappa shape index (κ2) is 6.60. The molecule has 0 radical (unpaired) electrons. The fourth-order valence-electron chi connectivity index (χ4n) is 1.61. The molecule has 1 heterocycles. The third kappa shape index (κ3) is 3.74. The van der Waals surface area contributed by atoms with Gasteiger partial charge in [0.25, 0.3) is 0 Å². The fourth-order valence-corrected chi connectivity index (χ4v) is 1.61. The van der Waals surface area contributed by atoms with Gasteiger partial charge in [0.05, 0.1) is 12.8 Å². The summed E-state index contributed by atoms with van der Waals surface area (Å²) < 4.78 is 18.2. The molecule has 0 aliphatic rings.